The molecule has 2 aromatic rings. The van der Waals surface area contributed by atoms with Gasteiger partial charge >= 0.3 is 0 Å². The Hall–Kier alpha value is -1.69. The molecule has 6 heteroatoms. The lowest BCUT2D eigenvalue weighted by Gasteiger charge is -2.36. The van der Waals surface area contributed by atoms with Gasteiger partial charge in [-0.25, -0.2) is 4.98 Å². The zero-order chi connectivity index (χ0) is 12.5. The van der Waals surface area contributed by atoms with Gasteiger partial charge in [0.15, 0.2) is 5.82 Å². The highest BCUT2D eigenvalue weighted by atomic mass is 15.3. The van der Waals surface area contributed by atoms with Gasteiger partial charge in [-0.05, 0) is 12.8 Å². The molecule has 1 aliphatic rings. The Balaban J connectivity index is 1.95. The summed E-state index contributed by atoms with van der Waals surface area (Å²) in [5.41, 5.74) is 7.01. The van der Waals surface area contributed by atoms with Crippen LogP contribution in [-0.2, 0) is 0 Å². The highest BCUT2D eigenvalue weighted by Crippen LogP contribution is 2.25. The summed E-state index contributed by atoms with van der Waals surface area (Å²) < 4.78 is 1.88. The fraction of sp³-hybridized carbons (Fsp3) is 0.583. The average molecular weight is 246 g/mol. The second-order valence-electron chi connectivity index (χ2n) is 4.94. The number of fused-ring (bicyclic) bond motifs is 1. The summed E-state index contributed by atoms with van der Waals surface area (Å²) in [4.78, 5) is 6.60. The molecule has 2 aromatic heterocycles. The molecule has 1 fully saturated rings. The van der Waals surface area contributed by atoms with Crippen LogP contribution in [0.15, 0.2) is 18.7 Å². The van der Waals surface area contributed by atoms with E-state index >= 15 is 0 Å². The van der Waals surface area contributed by atoms with Crippen molar-refractivity contribution in [2.24, 2.45) is 5.73 Å². The van der Waals surface area contributed by atoms with Gasteiger partial charge in [0, 0.05) is 31.5 Å². The van der Waals surface area contributed by atoms with Crippen LogP contribution in [0.3, 0.4) is 0 Å². The fourth-order valence-electron chi connectivity index (χ4n) is 2.77. The average Bonchev–Trinajstić information content (AvgIpc) is 2.86. The molecule has 0 saturated heterocycles. The molecule has 0 radical (unpaired) electrons. The van der Waals surface area contributed by atoms with Crippen LogP contribution in [0.5, 0.6) is 0 Å². The highest BCUT2D eigenvalue weighted by molar-refractivity contribution is 5.63. The van der Waals surface area contributed by atoms with Crippen molar-refractivity contribution in [3.8, 4) is 0 Å². The third kappa shape index (κ3) is 1.82. The molecule has 0 spiro atoms. The quantitative estimate of drug-likeness (QED) is 0.849. The summed E-state index contributed by atoms with van der Waals surface area (Å²) in [6, 6.07) is 0.558. The van der Waals surface area contributed by atoms with Gasteiger partial charge in [0.1, 0.15) is 6.33 Å². The van der Waals surface area contributed by atoms with Crippen molar-refractivity contribution in [2.45, 2.75) is 37.8 Å². The topological polar surface area (TPSA) is 72.3 Å². The largest absolute Gasteiger partial charge is 0.352 e. The Kier molecular flexibility index (Phi) is 2.87. The number of hydrogen-bond donors (Lipinski definition) is 1. The zero-order valence-electron chi connectivity index (χ0n) is 10.5. The van der Waals surface area contributed by atoms with Gasteiger partial charge in [-0.2, -0.15) is 0 Å². The monoisotopic (exact) mass is 246 g/mol. The minimum Gasteiger partial charge on any atom is -0.352 e. The minimum absolute atomic E-state index is 0.216. The van der Waals surface area contributed by atoms with Crippen molar-refractivity contribution >= 4 is 11.5 Å². The van der Waals surface area contributed by atoms with Crippen LogP contribution >= 0.6 is 0 Å². The van der Waals surface area contributed by atoms with E-state index in [0.717, 1.165) is 24.3 Å². The first-order valence-electron chi connectivity index (χ1n) is 6.40. The van der Waals surface area contributed by atoms with E-state index in [2.05, 4.69) is 20.1 Å². The SMILES string of the molecule is CN(c1nccn2cnnc12)C1CCCCC1N. The fourth-order valence-corrected chi connectivity index (χ4v) is 2.77. The van der Waals surface area contributed by atoms with Crippen molar-refractivity contribution in [3.63, 3.8) is 0 Å². The van der Waals surface area contributed by atoms with E-state index in [1.54, 1.807) is 12.5 Å². The summed E-state index contributed by atoms with van der Waals surface area (Å²) >= 11 is 0. The third-order valence-electron chi connectivity index (χ3n) is 3.81. The lowest BCUT2D eigenvalue weighted by atomic mass is 9.90. The number of nitrogens with two attached hydrogens (primary N) is 1. The Morgan fingerprint density at radius 3 is 3.06 bits per heavy atom. The predicted octanol–water partition coefficient (Wildman–Crippen LogP) is 0.830. The lowest BCUT2D eigenvalue weighted by Crippen LogP contribution is -2.48. The van der Waals surface area contributed by atoms with E-state index < -0.39 is 0 Å². The molecule has 0 aliphatic heterocycles. The second kappa shape index (κ2) is 4.53. The molecule has 6 nitrogen and oxygen atoms in total. The molecule has 0 bridgehead atoms. The van der Waals surface area contributed by atoms with Gasteiger partial charge in [0.05, 0.1) is 0 Å². The molecule has 2 N–H and O–H groups in total. The first kappa shape index (κ1) is 11.4. The maximum absolute atomic E-state index is 6.22. The first-order valence-corrected chi connectivity index (χ1v) is 6.40. The van der Waals surface area contributed by atoms with Crippen molar-refractivity contribution < 1.29 is 0 Å². The van der Waals surface area contributed by atoms with Gasteiger partial charge in [-0.3, -0.25) is 4.40 Å². The highest BCUT2D eigenvalue weighted by Gasteiger charge is 2.27. The van der Waals surface area contributed by atoms with Crippen molar-refractivity contribution in [1.29, 1.82) is 0 Å². The van der Waals surface area contributed by atoms with E-state index in [4.69, 9.17) is 5.73 Å². The van der Waals surface area contributed by atoms with Crippen molar-refractivity contribution in [2.75, 3.05) is 11.9 Å². The Morgan fingerprint density at radius 2 is 2.22 bits per heavy atom. The van der Waals surface area contributed by atoms with E-state index in [-0.39, 0.29) is 6.04 Å². The van der Waals surface area contributed by atoms with E-state index in [1.807, 2.05) is 17.6 Å². The van der Waals surface area contributed by atoms with Gasteiger partial charge < -0.3 is 10.6 Å². The number of anilines is 1. The van der Waals surface area contributed by atoms with Gasteiger partial charge in [0.2, 0.25) is 5.65 Å². The van der Waals surface area contributed by atoms with Crippen LogP contribution < -0.4 is 10.6 Å². The molecule has 1 aliphatic carbocycles. The van der Waals surface area contributed by atoms with E-state index in [9.17, 15) is 0 Å². The molecular formula is C12H18N6. The van der Waals surface area contributed by atoms with Crippen LogP contribution in [0, 0.1) is 0 Å². The summed E-state index contributed by atoms with van der Waals surface area (Å²) in [5, 5.41) is 8.05. The zero-order valence-corrected chi connectivity index (χ0v) is 10.5. The normalized spacial score (nSPS) is 24.3. The number of likely N-dealkylation sites (N-methyl/N-ethyl adjacent to an activating group) is 1. The van der Waals surface area contributed by atoms with E-state index in [0.29, 0.717) is 6.04 Å². The number of nitrogens with zero attached hydrogens (tertiary/aromatic N) is 5. The van der Waals surface area contributed by atoms with Crippen LogP contribution in [0.25, 0.3) is 5.65 Å². The Bertz CT molecular complexity index is 536. The maximum Gasteiger partial charge on any atom is 0.203 e. The molecule has 1 saturated carbocycles. The maximum atomic E-state index is 6.22. The third-order valence-corrected chi connectivity index (χ3v) is 3.81. The molecule has 2 heterocycles. The van der Waals surface area contributed by atoms with Crippen LogP contribution in [-0.4, -0.2) is 38.7 Å². The van der Waals surface area contributed by atoms with E-state index in [1.165, 1.54) is 12.8 Å². The molecule has 0 aromatic carbocycles. The second-order valence-corrected chi connectivity index (χ2v) is 4.94. The minimum atomic E-state index is 0.216. The molecule has 18 heavy (non-hydrogen) atoms. The number of hydrogen-bond acceptors (Lipinski definition) is 5. The van der Waals surface area contributed by atoms with Crippen LogP contribution in [0.1, 0.15) is 25.7 Å². The molecule has 2 unspecified atom stereocenters. The summed E-state index contributed by atoms with van der Waals surface area (Å²) in [5.74, 6) is 0.859. The molecule has 3 rings (SSSR count). The Morgan fingerprint density at radius 1 is 1.39 bits per heavy atom. The predicted molar refractivity (Wildman–Crippen MR) is 69.4 cm³/mol. The lowest BCUT2D eigenvalue weighted by molar-refractivity contribution is 0.372. The summed E-state index contributed by atoms with van der Waals surface area (Å²) in [6.07, 6.45) is 9.99. The molecule has 0 amide bonds. The number of aromatic nitrogens is 4. The van der Waals surface area contributed by atoms with Gasteiger partial charge in [0.25, 0.3) is 0 Å². The van der Waals surface area contributed by atoms with Crippen molar-refractivity contribution in [1.82, 2.24) is 19.6 Å². The standard InChI is InChI=1S/C12H18N6/c1-17(10-5-3-2-4-9(10)13)11-12-16-15-8-18(12)7-6-14-11/h6-10H,2-5,13H2,1H3. The van der Waals surface area contributed by atoms with Gasteiger partial charge in [-0.1, -0.05) is 12.8 Å². The van der Waals surface area contributed by atoms with Crippen LogP contribution in [0.2, 0.25) is 0 Å². The van der Waals surface area contributed by atoms with Crippen molar-refractivity contribution in [3.05, 3.63) is 18.7 Å². The Labute approximate surface area is 106 Å². The number of rotatable bonds is 2. The van der Waals surface area contributed by atoms with Gasteiger partial charge in [-0.15, -0.1) is 10.2 Å². The van der Waals surface area contributed by atoms with Crippen LogP contribution in [0.4, 0.5) is 5.82 Å². The summed E-state index contributed by atoms with van der Waals surface area (Å²) in [6.45, 7) is 0. The molecular weight excluding hydrogens is 228 g/mol. The summed E-state index contributed by atoms with van der Waals surface area (Å²) in [7, 11) is 2.05. The first-order chi connectivity index (χ1) is 8.77. The molecule has 96 valence electrons. The molecule has 2 atom stereocenters. The smallest absolute Gasteiger partial charge is 0.203 e.